The van der Waals surface area contributed by atoms with Crippen LogP contribution in [0.4, 0.5) is 0 Å². The van der Waals surface area contributed by atoms with Crippen molar-refractivity contribution in [2.45, 2.75) is 32.2 Å². The summed E-state index contributed by atoms with van der Waals surface area (Å²) in [7, 11) is 0. The lowest BCUT2D eigenvalue weighted by molar-refractivity contribution is 0.198. The second-order valence-corrected chi connectivity index (χ2v) is 7.17. The van der Waals surface area contributed by atoms with Crippen LogP contribution in [0.1, 0.15) is 36.0 Å². The van der Waals surface area contributed by atoms with E-state index in [1.165, 1.54) is 0 Å². The van der Waals surface area contributed by atoms with E-state index in [2.05, 4.69) is 30.2 Å². The first kappa shape index (κ1) is 16.9. The van der Waals surface area contributed by atoms with Crippen molar-refractivity contribution in [3.05, 3.63) is 60.2 Å². The second-order valence-electron chi connectivity index (χ2n) is 7.17. The third-order valence-electron chi connectivity index (χ3n) is 5.18. The fraction of sp³-hybridized carbons (Fsp3) is 0.368. The molecule has 0 unspecified atom stereocenters. The summed E-state index contributed by atoms with van der Waals surface area (Å²) in [5, 5.41) is 17.7. The fourth-order valence-electron chi connectivity index (χ4n) is 3.66. The molecule has 0 amide bonds. The molecular formula is C19H21N9. The molecule has 0 spiro atoms. The molecule has 0 aromatic carbocycles. The Labute approximate surface area is 162 Å². The number of likely N-dealkylation sites (tertiary alicyclic amines) is 1. The Hall–Kier alpha value is -3.20. The Morgan fingerprint density at radius 3 is 2.71 bits per heavy atom. The van der Waals surface area contributed by atoms with E-state index in [4.69, 9.17) is 5.10 Å². The monoisotopic (exact) mass is 375 g/mol. The zero-order valence-corrected chi connectivity index (χ0v) is 15.7. The molecule has 0 radical (unpaired) electrons. The molecule has 5 heterocycles. The van der Waals surface area contributed by atoms with Crippen LogP contribution in [0, 0.1) is 6.92 Å². The molecule has 5 rings (SSSR count). The third kappa shape index (κ3) is 3.24. The van der Waals surface area contributed by atoms with Crippen molar-refractivity contribution in [3.8, 4) is 5.82 Å². The smallest absolute Gasteiger partial charge is 0.178 e. The van der Waals surface area contributed by atoms with E-state index >= 15 is 0 Å². The van der Waals surface area contributed by atoms with Crippen LogP contribution in [0.3, 0.4) is 0 Å². The summed E-state index contributed by atoms with van der Waals surface area (Å²) in [6, 6.07) is 5.73. The van der Waals surface area contributed by atoms with Gasteiger partial charge in [0.2, 0.25) is 0 Å². The standard InChI is InChI=1S/C19H21N9/c1-14-11-21-16(12-20-14)13-26-9-5-15(6-10-26)19-24-23-17-3-4-18(25-28(17)19)27-8-2-7-22-27/h2-4,7-8,11-12,15H,5-6,9-10,13H2,1H3. The van der Waals surface area contributed by atoms with Crippen molar-refractivity contribution < 1.29 is 0 Å². The Morgan fingerprint density at radius 2 is 1.96 bits per heavy atom. The molecule has 4 aromatic rings. The average molecular weight is 375 g/mol. The minimum absolute atomic E-state index is 0.343. The molecule has 0 N–H and O–H groups in total. The van der Waals surface area contributed by atoms with E-state index in [0.29, 0.717) is 5.92 Å². The van der Waals surface area contributed by atoms with Gasteiger partial charge in [0, 0.05) is 37.3 Å². The Kier molecular flexibility index (Phi) is 4.28. The fourth-order valence-corrected chi connectivity index (χ4v) is 3.66. The van der Waals surface area contributed by atoms with Crippen molar-refractivity contribution in [2.75, 3.05) is 13.1 Å². The highest BCUT2D eigenvalue weighted by Crippen LogP contribution is 2.27. The molecule has 9 heteroatoms. The first-order valence-electron chi connectivity index (χ1n) is 9.48. The molecule has 4 aromatic heterocycles. The minimum atomic E-state index is 0.343. The second kappa shape index (κ2) is 7.08. The summed E-state index contributed by atoms with van der Waals surface area (Å²) < 4.78 is 3.61. The lowest BCUT2D eigenvalue weighted by atomic mass is 9.96. The normalized spacial score (nSPS) is 16.0. The van der Waals surface area contributed by atoms with Gasteiger partial charge in [0.05, 0.1) is 11.4 Å². The highest BCUT2D eigenvalue weighted by molar-refractivity contribution is 5.39. The summed E-state index contributed by atoms with van der Waals surface area (Å²) in [4.78, 5) is 11.2. The molecule has 28 heavy (non-hydrogen) atoms. The Morgan fingerprint density at radius 1 is 1.07 bits per heavy atom. The quantitative estimate of drug-likeness (QED) is 0.537. The van der Waals surface area contributed by atoms with Gasteiger partial charge in [-0.3, -0.25) is 14.9 Å². The molecule has 1 aliphatic rings. The van der Waals surface area contributed by atoms with Crippen LogP contribution in [0.15, 0.2) is 43.0 Å². The predicted molar refractivity (Wildman–Crippen MR) is 102 cm³/mol. The van der Waals surface area contributed by atoms with Crippen molar-refractivity contribution in [1.29, 1.82) is 0 Å². The van der Waals surface area contributed by atoms with E-state index in [9.17, 15) is 0 Å². The SMILES string of the molecule is Cc1cnc(CN2CCC(c3nnc4ccc(-n5cccn5)nn34)CC2)cn1. The zero-order chi connectivity index (χ0) is 18.9. The summed E-state index contributed by atoms with van der Waals surface area (Å²) >= 11 is 0. The topological polar surface area (TPSA) is 89.9 Å². The number of aromatic nitrogens is 8. The number of rotatable bonds is 4. The molecule has 9 nitrogen and oxygen atoms in total. The third-order valence-corrected chi connectivity index (χ3v) is 5.18. The molecular weight excluding hydrogens is 354 g/mol. The molecule has 0 bridgehead atoms. The predicted octanol–water partition coefficient (Wildman–Crippen LogP) is 1.79. The zero-order valence-electron chi connectivity index (χ0n) is 15.7. The minimum Gasteiger partial charge on any atom is -0.297 e. The number of fused-ring (bicyclic) bond motifs is 1. The summed E-state index contributed by atoms with van der Waals surface area (Å²) in [6.07, 6.45) is 9.36. The van der Waals surface area contributed by atoms with Gasteiger partial charge < -0.3 is 0 Å². The Balaban J connectivity index is 1.31. The Bertz CT molecular complexity index is 1060. The molecule has 0 aliphatic carbocycles. The van der Waals surface area contributed by atoms with Gasteiger partial charge in [-0.1, -0.05) is 0 Å². The van der Waals surface area contributed by atoms with Gasteiger partial charge >= 0.3 is 0 Å². The van der Waals surface area contributed by atoms with Crippen LogP contribution >= 0.6 is 0 Å². The largest absolute Gasteiger partial charge is 0.297 e. The van der Waals surface area contributed by atoms with E-state index in [0.717, 1.165) is 61.2 Å². The number of hydrogen-bond acceptors (Lipinski definition) is 7. The molecule has 1 fully saturated rings. The first-order valence-corrected chi connectivity index (χ1v) is 9.48. The van der Waals surface area contributed by atoms with Crippen molar-refractivity contribution in [1.82, 2.24) is 44.5 Å². The van der Waals surface area contributed by atoms with Crippen molar-refractivity contribution >= 4 is 5.65 Å². The van der Waals surface area contributed by atoms with Crippen molar-refractivity contribution in [2.24, 2.45) is 0 Å². The van der Waals surface area contributed by atoms with Gasteiger partial charge in [-0.05, 0) is 51.1 Å². The maximum absolute atomic E-state index is 4.71. The van der Waals surface area contributed by atoms with Gasteiger partial charge in [-0.15, -0.1) is 15.3 Å². The average Bonchev–Trinajstić information content (AvgIpc) is 3.40. The highest BCUT2D eigenvalue weighted by atomic mass is 15.4. The molecule has 0 saturated carbocycles. The number of aryl methyl sites for hydroxylation is 1. The van der Waals surface area contributed by atoms with E-state index in [-0.39, 0.29) is 0 Å². The van der Waals surface area contributed by atoms with Gasteiger partial charge in [-0.2, -0.15) is 9.61 Å². The number of hydrogen-bond donors (Lipinski definition) is 0. The van der Waals surface area contributed by atoms with Gasteiger partial charge in [0.25, 0.3) is 0 Å². The van der Waals surface area contributed by atoms with Crippen LogP contribution in [0.25, 0.3) is 11.5 Å². The van der Waals surface area contributed by atoms with E-state index < -0.39 is 0 Å². The molecule has 0 atom stereocenters. The maximum Gasteiger partial charge on any atom is 0.178 e. The van der Waals surface area contributed by atoms with Crippen LogP contribution in [-0.2, 0) is 6.54 Å². The van der Waals surface area contributed by atoms with Crippen LogP contribution < -0.4 is 0 Å². The molecule has 142 valence electrons. The summed E-state index contributed by atoms with van der Waals surface area (Å²) in [5.74, 6) is 2.03. The lowest BCUT2D eigenvalue weighted by Crippen LogP contribution is -2.33. The summed E-state index contributed by atoms with van der Waals surface area (Å²) in [5.41, 5.74) is 2.73. The van der Waals surface area contributed by atoms with Crippen LogP contribution in [0.2, 0.25) is 0 Å². The summed E-state index contributed by atoms with van der Waals surface area (Å²) in [6.45, 7) is 4.78. The van der Waals surface area contributed by atoms with Gasteiger partial charge in [-0.25, -0.2) is 4.68 Å². The first-order chi connectivity index (χ1) is 13.8. The van der Waals surface area contributed by atoms with Gasteiger partial charge in [0.15, 0.2) is 17.3 Å². The highest BCUT2D eigenvalue weighted by Gasteiger charge is 2.25. The van der Waals surface area contributed by atoms with Crippen LogP contribution in [0.5, 0.6) is 0 Å². The number of nitrogens with zero attached hydrogens (tertiary/aromatic N) is 9. The van der Waals surface area contributed by atoms with Crippen molar-refractivity contribution in [3.63, 3.8) is 0 Å². The van der Waals surface area contributed by atoms with Gasteiger partial charge in [0.1, 0.15) is 0 Å². The maximum atomic E-state index is 4.71. The lowest BCUT2D eigenvalue weighted by Gasteiger charge is -2.30. The molecule has 1 saturated heterocycles. The van der Waals surface area contributed by atoms with E-state index in [1.807, 2.05) is 48.2 Å². The molecule has 1 aliphatic heterocycles. The van der Waals surface area contributed by atoms with E-state index in [1.54, 1.807) is 10.9 Å². The van der Waals surface area contributed by atoms with Crippen LogP contribution in [-0.4, -0.2) is 57.5 Å². The number of piperidine rings is 1.